The molecule has 76 heavy (non-hydrogen) atoms. The molecular formula is C72H76O2W2-2. The van der Waals surface area contributed by atoms with Crippen LogP contribution in [0.25, 0.3) is 32.7 Å². The van der Waals surface area contributed by atoms with Crippen LogP contribution in [0.2, 0.25) is 0 Å². The molecule has 2 saturated carbocycles. The monoisotopic (exact) mass is 1340 g/mol. The molecule has 4 fully saturated rings. The molecule has 2 aliphatic carbocycles. The van der Waals surface area contributed by atoms with E-state index in [4.69, 9.17) is 9.47 Å². The quantitative estimate of drug-likeness (QED) is 0.0846. The van der Waals surface area contributed by atoms with E-state index >= 15 is 0 Å². The zero-order valence-electron chi connectivity index (χ0n) is 45.1. The van der Waals surface area contributed by atoms with E-state index in [-0.39, 0.29) is 42.1 Å². The molecule has 0 unspecified atom stereocenters. The molecule has 4 heteroatoms. The van der Waals surface area contributed by atoms with E-state index in [1.165, 1.54) is 182 Å². The maximum atomic E-state index is 5.35. The normalized spacial score (nSPS) is 19.9. The average Bonchev–Trinajstić information content (AvgIpc) is 3.40. The molecule has 0 amide bonds. The van der Waals surface area contributed by atoms with E-state index in [9.17, 15) is 0 Å². The molecule has 0 N–H and O–H groups in total. The van der Waals surface area contributed by atoms with Crippen LogP contribution in [-0.4, -0.2) is 26.4 Å². The summed E-state index contributed by atoms with van der Waals surface area (Å²) in [4.78, 5) is 0. The number of benzene rings is 8. The first-order valence-corrected chi connectivity index (χ1v) is 28.5. The number of aryl methyl sites for hydroxylation is 2. The van der Waals surface area contributed by atoms with E-state index in [0.717, 1.165) is 76.3 Å². The Kier molecular flexibility index (Phi) is 18.5. The summed E-state index contributed by atoms with van der Waals surface area (Å²) in [5.41, 5.74) is 20.1. The zero-order valence-corrected chi connectivity index (χ0v) is 51.0. The zero-order chi connectivity index (χ0) is 49.8. The van der Waals surface area contributed by atoms with Gasteiger partial charge in [-0.2, -0.15) is 0 Å². The van der Waals surface area contributed by atoms with Crippen LogP contribution in [-0.2, 0) is 103 Å². The maximum Gasteiger partial charge on any atom is 0 e. The van der Waals surface area contributed by atoms with Gasteiger partial charge < -0.3 is 9.47 Å². The molecule has 0 bridgehead atoms. The number of hydrogen-bond donors (Lipinski definition) is 0. The third-order valence-corrected chi connectivity index (χ3v) is 17.8. The Morgan fingerprint density at radius 1 is 0.355 bits per heavy atom. The molecule has 2 saturated heterocycles. The summed E-state index contributed by atoms with van der Waals surface area (Å²) in [5.74, 6) is 6.01. The maximum absolute atomic E-state index is 5.35. The molecule has 2 heterocycles. The first-order valence-electron chi connectivity index (χ1n) is 28.5. The van der Waals surface area contributed by atoms with E-state index in [1.807, 2.05) is 0 Å². The minimum Gasteiger partial charge on any atom is -0.444 e. The van der Waals surface area contributed by atoms with Crippen molar-refractivity contribution in [1.82, 2.24) is 0 Å². The Bertz CT molecular complexity index is 3150. The summed E-state index contributed by atoms with van der Waals surface area (Å²) in [7, 11) is 0. The molecule has 0 atom stereocenters. The van der Waals surface area contributed by atoms with Crippen LogP contribution in [0.5, 0.6) is 0 Å². The van der Waals surface area contributed by atoms with E-state index in [0.29, 0.717) is 5.92 Å². The van der Waals surface area contributed by atoms with Gasteiger partial charge in [-0.3, -0.25) is 11.8 Å². The van der Waals surface area contributed by atoms with Crippen molar-refractivity contribution >= 4 is 21.5 Å². The van der Waals surface area contributed by atoms with Crippen molar-refractivity contribution in [3.8, 4) is 11.1 Å². The van der Waals surface area contributed by atoms with Gasteiger partial charge in [0.1, 0.15) is 0 Å². The smallest absolute Gasteiger partial charge is 0 e. The summed E-state index contributed by atoms with van der Waals surface area (Å²) in [6, 6.07) is 62.1. The average molecular weight is 1340 g/mol. The fourth-order valence-corrected chi connectivity index (χ4v) is 13.3. The van der Waals surface area contributed by atoms with Gasteiger partial charge in [0, 0.05) is 42.1 Å². The Morgan fingerprint density at radius 2 is 0.737 bits per heavy atom. The van der Waals surface area contributed by atoms with Crippen LogP contribution in [0.15, 0.2) is 158 Å². The second-order valence-corrected chi connectivity index (χ2v) is 23.7. The Labute approximate surface area is 483 Å². The van der Waals surface area contributed by atoms with Gasteiger partial charge >= 0.3 is 0 Å². The van der Waals surface area contributed by atoms with Crippen LogP contribution >= 0.6 is 0 Å². The minimum absolute atomic E-state index is 0. The van der Waals surface area contributed by atoms with Gasteiger partial charge in [-0.15, -0.1) is 12.8 Å². The molecule has 8 aromatic carbocycles. The first kappa shape index (κ1) is 54.9. The molecule has 390 valence electrons. The van der Waals surface area contributed by atoms with Crippen LogP contribution in [0.3, 0.4) is 0 Å². The topological polar surface area (TPSA) is 18.5 Å². The predicted octanol–water partition coefficient (Wildman–Crippen LogP) is 16.9. The van der Waals surface area contributed by atoms with Gasteiger partial charge in [-0.25, -0.2) is 0 Å². The summed E-state index contributed by atoms with van der Waals surface area (Å²) < 4.78 is 10.7. The van der Waals surface area contributed by atoms with Gasteiger partial charge in [0.2, 0.25) is 0 Å². The van der Waals surface area contributed by atoms with Crippen molar-refractivity contribution in [2.45, 2.75) is 117 Å². The number of ether oxygens (including phenoxy) is 2. The second-order valence-electron chi connectivity index (χ2n) is 23.7. The Morgan fingerprint density at radius 3 is 1.17 bits per heavy atom. The van der Waals surface area contributed by atoms with E-state index in [1.54, 1.807) is 0 Å². The molecule has 12 rings (SSSR count). The van der Waals surface area contributed by atoms with Crippen molar-refractivity contribution < 1.29 is 51.6 Å². The Hall–Kier alpha value is -4.42. The summed E-state index contributed by atoms with van der Waals surface area (Å²) in [6.07, 6.45) is 19.4. The fourth-order valence-electron chi connectivity index (χ4n) is 13.3. The molecule has 4 aliphatic rings. The van der Waals surface area contributed by atoms with Crippen LogP contribution < -0.4 is 0 Å². The van der Waals surface area contributed by atoms with Crippen molar-refractivity contribution in [3.63, 3.8) is 0 Å². The second kappa shape index (κ2) is 25.6. The van der Waals surface area contributed by atoms with Gasteiger partial charge in [0.25, 0.3) is 0 Å². The molecule has 2 aliphatic heterocycles. The van der Waals surface area contributed by atoms with Crippen LogP contribution in [0.4, 0.5) is 0 Å². The fraction of sp³-hybridized carbons (Fsp3) is 0.361. The molecule has 0 aromatic heterocycles. The number of rotatable bonds is 17. The molecule has 0 spiro atoms. The summed E-state index contributed by atoms with van der Waals surface area (Å²) >= 11 is 0. The van der Waals surface area contributed by atoms with E-state index < -0.39 is 0 Å². The van der Waals surface area contributed by atoms with Crippen LogP contribution in [0.1, 0.15) is 118 Å². The van der Waals surface area contributed by atoms with Gasteiger partial charge in [0.15, 0.2) is 0 Å². The van der Waals surface area contributed by atoms with Crippen molar-refractivity contribution in [2.75, 3.05) is 26.4 Å². The summed E-state index contributed by atoms with van der Waals surface area (Å²) in [5, 5.41) is 5.58. The number of fused-ring (bicyclic) bond motifs is 2. The van der Waals surface area contributed by atoms with Gasteiger partial charge in [-0.05, 0) is 205 Å². The largest absolute Gasteiger partial charge is 0.444 e. The van der Waals surface area contributed by atoms with Gasteiger partial charge in [-0.1, -0.05) is 206 Å². The van der Waals surface area contributed by atoms with Crippen molar-refractivity contribution in [3.05, 3.63) is 236 Å². The third kappa shape index (κ3) is 13.7. The third-order valence-electron chi connectivity index (χ3n) is 17.8. The number of hydrogen-bond acceptors (Lipinski definition) is 2. The van der Waals surface area contributed by atoms with Crippen molar-refractivity contribution in [1.29, 1.82) is 0 Å². The minimum atomic E-state index is 0. The first-order chi connectivity index (χ1) is 36.3. The Balaban J connectivity index is 0.00000328. The predicted molar refractivity (Wildman–Crippen MR) is 309 cm³/mol. The molecule has 2 nitrogen and oxygen atoms in total. The standard InChI is InChI=1S/C72H76O2.2W/c1-49-4-32-70-66(33-49)29-30-67(42-62-27-25-58(26-28-62)38-54-11-9-53(10-12-54)37-57-17-23-61(24-18-57)41-65-47-74-48-65)72(70)71-44-63(43-68-34-50(2)3-31-69(68)71)39-59-19-13-55(14-20-59)35-51-5-7-52(8-6-51)36-56-15-21-60(22-16-56)40-64-45-73-46-64;;/h3-12,15-18,21-24,29-34,43-44,55,58-59,62H,13-14,19-20,25-28,35-42,45-48H2,1-2H3;;/q-2;;. The van der Waals surface area contributed by atoms with Crippen LogP contribution in [0, 0.1) is 49.4 Å². The van der Waals surface area contributed by atoms with Crippen molar-refractivity contribution in [2.24, 2.45) is 23.7 Å². The van der Waals surface area contributed by atoms with E-state index in [2.05, 4.69) is 172 Å². The molecular weight excluding hydrogens is 1260 g/mol. The molecule has 8 aromatic rings. The van der Waals surface area contributed by atoms with Gasteiger partial charge in [0.05, 0.1) is 0 Å². The SMILES string of the molecule is Cc1ccc2c(-c3c(CC4CCC(Cc5ccc(Cc6ccc(C[C-]7COC7)cc6)cc5)CC4)ccc4cc(C)ccc34)cc(CC3CCC(Cc4ccc(Cc5ccc(C[C-]6COC6)cc5)cc4)CC3)cc2c1.[W].[W]. The molecule has 0 radical (unpaired) electrons. The summed E-state index contributed by atoms with van der Waals surface area (Å²) in [6.45, 7) is 7.85.